The molecule has 116 valence electrons. The minimum absolute atomic E-state index is 0.0262. The fourth-order valence-corrected chi connectivity index (χ4v) is 2.59. The molecule has 0 aliphatic heterocycles. The van der Waals surface area contributed by atoms with E-state index in [2.05, 4.69) is 12.6 Å². The van der Waals surface area contributed by atoms with Gasteiger partial charge in [0.1, 0.15) is 0 Å². The quantitative estimate of drug-likeness (QED) is 0.772. The largest absolute Gasteiger partial charge is 0.333 e. The van der Waals surface area contributed by atoms with E-state index in [1.807, 2.05) is 65.6 Å². The third-order valence-electron chi connectivity index (χ3n) is 3.50. The molecule has 2 rings (SSSR count). The Morgan fingerprint density at radius 3 is 1.82 bits per heavy atom. The van der Waals surface area contributed by atoms with Gasteiger partial charge in [-0.05, 0) is 23.3 Å². The van der Waals surface area contributed by atoms with E-state index in [1.54, 1.807) is 0 Å². The van der Waals surface area contributed by atoms with Crippen molar-refractivity contribution in [3.8, 4) is 0 Å². The van der Waals surface area contributed by atoms with E-state index >= 15 is 0 Å². The molecule has 4 heteroatoms. The van der Waals surface area contributed by atoms with Crippen molar-refractivity contribution in [2.45, 2.75) is 25.6 Å². The summed E-state index contributed by atoms with van der Waals surface area (Å²) in [5.41, 5.74) is 8.20. The van der Waals surface area contributed by atoms with Gasteiger partial charge >= 0.3 is 0 Å². The highest BCUT2D eigenvalue weighted by molar-refractivity contribution is 7.80. The first-order valence-corrected chi connectivity index (χ1v) is 8.07. The Balaban J connectivity index is 2.14. The second-order valence-electron chi connectivity index (χ2n) is 5.28. The van der Waals surface area contributed by atoms with Crippen molar-refractivity contribution in [3.63, 3.8) is 0 Å². The standard InChI is InChI=1S/C18H22N2OS/c19-17(11-12-22)18(21)20(13-15-7-3-1-4-8-15)14-16-9-5-2-6-10-16/h1-10,17,22H,11-14,19H2/t17-/m0/s1. The molecule has 0 spiro atoms. The molecule has 0 fully saturated rings. The van der Waals surface area contributed by atoms with Gasteiger partial charge in [-0.25, -0.2) is 0 Å². The number of thiol groups is 1. The lowest BCUT2D eigenvalue weighted by Gasteiger charge is -2.26. The molecule has 2 aromatic carbocycles. The van der Waals surface area contributed by atoms with Gasteiger partial charge in [0.15, 0.2) is 0 Å². The van der Waals surface area contributed by atoms with E-state index in [-0.39, 0.29) is 5.91 Å². The molecule has 1 atom stereocenters. The summed E-state index contributed by atoms with van der Waals surface area (Å²) < 4.78 is 0. The molecule has 2 aromatic rings. The van der Waals surface area contributed by atoms with Gasteiger partial charge in [-0.2, -0.15) is 12.6 Å². The van der Waals surface area contributed by atoms with Gasteiger partial charge < -0.3 is 10.6 Å². The Morgan fingerprint density at radius 1 is 0.955 bits per heavy atom. The number of amides is 1. The Labute approximate surface area is 137 Å². The maximum Gasteiger partial charge on any atom is 0.240 e. The SMILES string of the molecule is N[C@@H](CCS)C(=O)N(Cc1ccccc1)Cc1ccccc1. The second-order valence-corrected chi connectivity index (χ2v) is 5.73. The van der Waals surface area contributed by atoms with Crippen molar-refractivity contribution < 1.29 is 4.79 Å². The molecule has 0 aliphatic carbocycles. The zero-order valence-corrected chi connectivity index (χ0v) is 13.5. The average Bonchev–Trinajstić information content (AvgIpc) is 2.56. The zero-order valence-electron chi connectivity index (χ0n) is 12.6. The van der Waals surface area contributed by atoms with E-state index in [9.17, 15) is 4.79 Å². The summed E-state index contributed by atoms with van der Waals surface area (Å²) in [6.45, 7) is 1.13. The molecule has 0 heterocycles. The van der Waals surface area contributed by atoms with Crippen LogP contribution in [0.4, 0.5) is 0 Å². The Morgan fingerprint density at radius 2 is 1.41 bits per heavy atom. The predicted octanol–water partition coefficient (Wildman–Crippen LogP) is 2.86. The number of benzene rings is 2. The normalized spacial score (nSPS) is 11.9. The number of carbonyl (C=O) groups excluding carboxylic acids is 1. The Hall–Kier alpha value is -1.78. The number of nitrogens with zero attached hydrogens (tertiary/aromatic N) is 1. The molecule has 0 saturated carbocycles. The molecular weight excluding hydrogens is 292 g/mol. The lowest BCUT2D eigenvalue weighted by molar-refractivity contribution is -0.133. The van der Waals surface area contributed by atoms with E-state index < -0.39 is 6.04 Å². The van der Waals surface area contributed by atoms with Gasteiger partial charge in [-0.15, -0.1) is 0 Å². The summed E-state index contributed by atoms with van der Waals surface area (Å²) >= 11 is 4.17. The summed E-state index contributed by atoms with van der Waals surface area (Å²) in [5.74, 6) is 0.582. The highest BCUT2D eigenvalue weighted by atomic mass is 32.1. The van der Waals surface area contributed by atoms with Gasteiger partial charge in [0.2, 0.25) is 5.91 Å². The van der Waals surface area contributed by atoms with Crippen LogP contribution < -0.4 is 5.73 Å². The Bertz CT molecular complexity index is 533. The summed E-state index contributed by atoms with van der Waals surface area (Å²) in [6, 6.07) is 19.5. The predicted molar refractivity (Wildman–Crippen MR) is 93.6 cm³/mol. The van der Waals surface area contributed by atoms with Gasteiger partial charge in [0.05, 0.1) is 6.04 Å². The Kier molecular flexibility index (Phi) is 6.49. The fourth-order valence-electron chi connectivity index (χ4n) is 2.32. The molecular formula is C18H22N2OS. The molecule has 0 aliphatic rings. The molecule has 0 radical (unpaired) electrons. The van der Waals surface area contributed by atoms with Crippen LogP contribution in [0, 0.1) is 0 Å². The maximum atomic E-state index is 12.6. The van der Waals surface area contributed by atoms with Crippen LogP contribution in [0.3, 0.4) is 0 Å². The monoisotopic (exact) mass is 314 g/mol. The van der Waals surface area contributed by atoms with Gasteiger partial charge in [0, 0.05) is 13.1 Å². The highest BCUT2D eigenvalue weighted by Crippen LogP contribution is 2.12. The number of carbonyl (C=O) groups is 1. The summed E-state index contributed by atoms with van der Waals surface area (Å²) in [5, 5.41) is 0. The van der Waals surface area contributed by atoms with Crippen molar-refractivity contribution in [2.24, 2.45) is 5.73 Å². The smallest absolute Gasteiger partial charge is 0.240 e. The third kappa shape index (κ3) is 4.90. The van der Waals surface area contributed by atoms with Crippen molar-refractivity contribution >= 4 is 18.5 Å². The van der Waals surface area contributed by atoms with Gasteiger partial charge in [-0.3, -0.25) is 4.79 Å². The molecule has 2 N–H and O–H groups in total. The van der Waals surface area contributed by atoms with E-state index in [0.29, 0.717) is 25.3 Å². The van der Waals surface area contributed by atoms with Crippen LogP contribution in [0.2, 0.25) is 0 Å². The van der Waals surface area contributed by atoms with E-state index in [0.717, 1.165) is 11.1 Å². The summed E-state index contributed by atoms with van der Waals surface area (Å²) in [6.07, 6.45) is 0.585. The first-order valence-electron chi connectivity index (χ1n) is 7.44. The number of nitrogens with two attached hydrogens (primary N) is 1. The summed E-state index contributed by atoms with van der Waals surface area (Å²) in [7, 11) is 0. The van der Waals surface area contributed by atoms with Crippen molar-refractivity contribution in [1.82, 2.24) is 4.90 Å². The molecule has 1 amide bonds. The number of hydrogen-bond donors (Lipinski definition) is 2. The van der Waals surface area contributed by atoms with Gasteiger partial charge in [0.25, 0.3) is 0 Å². The maximum absolute atomic E-state index is 12.6. The third-order valence-corrected chi connectivity index (χ3v) is 3.76. The van der Waals surface area contributed by atoms with Crippen molar-refractivity contribution in [2.75, 3.05) is 5.75 Å². The molecule has 3 nitrogen and oxygen atoms in total. The molecule has 0 saturated heterocycles. The lowest BCUT2D eigenvalue weighted by Crippen LogP contribution is -2.43. The van der Waals surface area contributed by atoms with Crippen LogP contribution in [-0.2, 0) is 17.9 Å². The second kappa shape index (κ2) is 8.61. The van der Waals surface area contributed by atoms with Crippen molar-refractivity contribution in [3.05, 3.63) is 71.8 Å². The van der Waals surface area contributed by atoms with Crippen LogP contribution in [0.5, 0.6) is 0 Å². The minimum Gasteiger partial charge on any atom is -0.333 e. The van der Waals surface area contributed by atoms with Crippen LogP contribution in [-0.4, -0.2) is 22.6 Å². The lowest BCUT2D eigenvalue weighted by atomic mass is 10.1. The average molecular weight is 314 g/mol. The number of hydrogen-bond acceptors (Lipinski definition) is 3. The zero-order chi connectivity index (χ0) is 15.8. The number of rotatable bonds is 7. The first kappa shape index (κ1) is 16.6. The first-order chi connectivity index (χ1) is 10.7. The van der Waals surface area contributed by atoms with Gasteiger partial charge in [-0.1, -0.05) is 60.7 Å². The molecule has 22 heavy (non-hydrogen) atoms. The van der Waals surface area contributed by atoms with Crippen molar-refractivity contribution in [1.29, 1.82) is 0 Å². The fraction of sp³-hybridized carbons (Fsp3) is 0.278. The van der Waals surface area contributed by atoms with Crippen LogP contribution in [0.1, 0.15) is 17.5 Å². The molecule has 0 bridgehead atoms. The minimum atomic E-state index is -0.495. The van der Waals surface area contributed by atoms with E-state index in [1.165, 1.54) is 0 Å². The topological polar surface area (TPSA) is 46.3 Å². The molecule has 0 unspecified atom stereocenters. The van der Waals surface area contributed by atoms with Crippen LogP contribution in [0.25, 0.3) is 0 Å². The van der Waals surface area contributed by atoms with Crippen LogP contribution in [0.15, 0.2) is 60.7 Å². The van der Waals surface area contributed by atoms with Crippen LogP contribution >= 0.6 is 12.6 Å². The summed E-state index contributed by atoms with van der Waals surface area (Å²) in [4.78, 5) is 14.4. The van der Waals surface area contributed by atoms with E-state index in [4.69, 9.17) is 5.73 Å². The highest BCUT2D eigenvalue weighted by Gasteiger charge is 2.20. The molecule has 0 aromatic heterocycles.